The van der Waals surface area contributed by atoms with E-state index in [0.29, 0.717) is 19.5 Å². The lowest BCUT2D eigenvalue weighted by Crippen LogP contribution is -2.58. The molecule has 3 atom stereocenters. The lowest BCUT2D eigenvalue weighted by molar-refractivity contribution is -0.140. The first-order valence-electron chi connectivity index (χ1n) is 12.3. The monoisotopic (exact) mass is 453 g/mol. The second-order valence-electron chi connectivity index (χ2n) is 10.2. The van der Waals surface area contributed by atoms with Crippen LogP contribution in [0.15, 0.2) is 30.3 Å². The van der Waals surface area contributed by atoms with Crippen molar-refractivity contribution in [1.29, 1.82) is 0 Å². The number of carbonyl (C=O) groups is 3. The van der Waals surface area contributed by atoms with Crippen molar-refractivity contribution in [3.63, 3.8) is 0 Å². The van der Waals surface area contributed by atoms with E-state index < -0.39 is 12.1 Å². The van der Waals surface area contributed by atoms with Gasteiger partial charge in [0.15, 0.2) is 0 Å². The van der Waals surface area contributed by atoms with Crippen LogP contribution in [0.4, 0.5) is 0 Å². The van der Waals surface area contributed by atoms with Crippen LogP contribution in [-0.4, -0.2) is 47.8 Å². The molecular formula is C27H39N3O3. The SMILES string of the molecule is CC[C@H](C)[C@H](NC(=O)C(CC(C)C)NC(C)=O)C(=O)N1CCC2(C=Cc3ccccc32)CC1. The lowest BCUT2D eigenvalue weighted by atomic mass is 9.74. The van der Waals surface area contributed by atoms with Crippen LogP contribution in [0.25, 0.3) is 6.08 Å². The van der Waals surface area contributed by atoms with Gasteiger partial charge >= 0.3 is 0 Å². The van der Waals surface area contributed by atoms with Crippen molar-refractivity contribution in [2.75, 3.05) is 13.1 Å². The first-order chi connectivity index (χ1) is 15.7. The van der Waals surface area contributed by atoms with Gasteiger partial charge in [-0.25, -0.2) is 0 Å². The van der Waals surface area contributed by atoms with E-state index in [1.807, 2.05) is 32.6 Å². The van der Waals surface area contributed by atoms with Crippen LogP contribution in [-0.2, 0) is 19.8 Å². The normalized spacial score (nSPS) is 19.2. The van der Waals surface area contributed by atoms with Crippen molar-refractivity contribution in [2.45, 2.75) is 77.8 Å². The molecule has 3 amide bonds. The van der Waals surface area contributed by atoms with Crippen LogP contribution in [0.1, 0.15) is 71.4 Å². The smallest absolute Gasteiger partial charge is 0.245 e. The number of hydrogen-bond donors (Lipinski definition) is 2. The number of fused-ring (bicyclic) bond motifs is 2. The highest BCUT2D eigenvalue weighted by Gasteiger charge is 2.41. The molecule has 6 heteroatoms. The van der Waals surface area contributed by atoms with Crippen molar-refractivity contribution in [2.24, 2.45) is 11.8 Å². The fourth-order valence-corrected chi connectivity index (χ4v) is 5.08. The van der Waals surface area contributed by atoms with Gasteiger partial charge in [-0.15, -0.1) is 0 Å². The average Bonchev–Trinajstić information content (AvgIpc) is 3.14. The Balaban J connectivity index is 1.69. The molecule has 1 aromatic rings. The summed E-state index contributed by atoms with van der Waals surface area (Å²) >= 11 is 0. The molecule has 0 radical (unpaired) electrons. The Morgan fingerprint density at radius 2 is 1.73 bits per heavy atom. The first-order valence-corrected chi connectivity index (χ1v) is 12.3. The zero-order valence-corrected chi connectivity index (χ0v) is 20.7. The number of benzene rings is 1. The third kappa shape index (κ3) is 5.66. The third-order valence-electron chi connectivity index (χ3n) is 7.22. The molecule has 1 aliphatic heterocycles. The third-order valence-corrected chi connectivity index (χ3v) is 7.22. The molecule has 2 N–H and O–H groups in total. The van der Waals surface area contributed by atoms with Gasteiger partial charge in [0, 0.05) is 25.4 Å². The predicted molar refractivity (Wildman–Crippen MR) is 131 cm³/mol. The molecule has 0 saturated carbocycles. The molecule has 2 aliphatic rings. The van der Waals surface area contributed by atoms with E-state index in [2.05, 4.69) is 47.1 Å². The Hall–Kier alpha value is -2.63. The number of likely N-dealkylation sites (tertiary alicyclic amines) is 1. The molecule has 1 aromatic carbocycles. The maximum atomic E-state index is 13.6. The van der Waals surface area contributed by atoms with Crippen molar-refractivity contribution in [1.82, 2.24) is 15.5 Å². The molecule has 6 nitrogen and oxygen atoms in total. The lowest BCUT2D eigenvalue weighted by Gasteiger charge is -2.41. The van der Waals surface area contributed by atoms with Gasteiger partial charge in [-0.1, -0.05) is 70.5 Å². The summed E-state index contributed by atoms with van der Waals surface area (Å²) in [6, 6.07) is 7.27. The topological polar surface area (TPSA) is 78.5 Å². The van der Waals surface area contributed by atoms with Crippen molar-refractivity contribution < 1.29 is 14.4 Å². The van der Waals surface area contributed by atoms with E-state index in [-0.39, 0.29) is 35.0 Å². The summed E-state index contributed by atoms with van der Waals surface area (Å²) in [6.07, 6.45) is 7.58. The van der Waals surface area contributed by atoms with Gasteiger partial charge in [0.1, 0.15) is 12.1 Å². The van der Waals surface area contributed by atoms with Crippen LogP contribution >= 0.6 is 0 Å². The summed E-state index contributed by atoms with van der Waals surface area (Å²) in [4.78, 5) is 40.2. The highest BCUT2D eigenvalue weighted by molar-refractivity contribution is 5.92. The minimum absolute atomic E-state index is 0.00136. The largest absolute Gasteiger partial charge is 0.345 e. The summed E-state index contributed by atoms with van der Waals surface area (Å²) in [7, 11) is 0. The molecule has 1 spiro atoms. The molecule has 1 saturated heterocycles. The molecular weight excluding hydrogens is 414 g/mol. The van der Waals surface area contributed by atoms with Gasteiger partial charge in [0.2, 0.25) is 17.7 Å². The van der Waals surface area contributed by atoms with E-state index in [9.17, 15) is 14.4 Å². The molecule has 3 rings (SSSR count). The van der Waals surface area contributed by atoms with Gasteiger partial charge in [0.05, 0.1) is 0 Å². The Morgan fingerprint density at radius 3 is 2.33 bits per heavy atom. The minimum Gasteiger partial charge on any atom is -0.345 e. The highest BCUT2D eigenvalue weighted by atomic mass is 16.2. The Labute approximate surface area is 198 Å². The van der Waals surface area contributed by atoms with Crippen LogP contribution in [0, 0.1) is 11.8 Å². The summed E-state index contributed by atoms with van der Waals surface area (Å²) in [6.45, 7) is 10.8. The summed E-state index contributed by atoms with van der Waals surface area (Å²) in [5, 5.41) is 5.74. The zero-order valence-electron chi connectivity index (χ0n) is 20.7. The Morgan fingerprint density at radius 1 is 1.06 bits per heavy atom. The molecule has 1 unspecified atom stereocenters. The number of hydrogen-bond acceptors (Lipinski definition) is 3. The fraction of sp³-hybridized carbons (Fsp3) is 0.593. The van der Waals surface area contributed by atoms with Gasteiger partial charge in [-0.05, 0) is 42.2 Å². The van der Waals surface area contributed by atoms with Crippen LogP contribution in [0.3, 0.4) is 0 Å². The molecule has 1 heterocycles. The first kappa shape index (κ1) is 25.0. The minimum atomic E-state index is -0.633. The summed E-state index contributed by atoms with van der Waals surface area (Å²) in [5.41, 5.74) is 2.64. The van der Waals surface area contributed by atoms with Gasteiger partial charge in [-0.2, -0.15) is 0 Å². The van der Waals surface area contributed by atoms with E-state index in [0.717, 1.165) is 19.3 Å². The second-order valence-corrected chi connectivity index (χ2v) is 10.2. The summed E-state index contributed by atoms with van der Waals surface area (Å²) < 4.78 is 0. The standard InChI is InChI=1S/C27H39N3O3/c1-6-19(4)24(29-25(32)23(17-18(2)3)28-20(5)31)26(33)30-15-13-27(14-16-30)12-11-21-9-7-8-10-22(21)27/h7-12,18-19,23-24H,6,13-17H2,1-5H3,(H,28,31)(H,29,32)/t19-,23?,24-/m0/s1. The zero-order chi connectivity index (χ0) is 24.2. The number of nitrogens with one attached hydrogen (secondary N) is 2. The van der Waals surface area contributed by atoms with E-state index in [4.69, 9.17) is 0 Å². The maximum absolute atomic E-state index is 13.6. The molecule has 180 valence electrons. The number of allylic oxidation sites excluding steroid dienone is 1. The maximum Gasteiger partial charge on any atom is 0.245 e. The average molecular weight is 454 g/mol. The van der Waals surface area contributed by atoms with Crippen molar-refractivity contribution in [3.05, 3.63) is 41.5 Å². The number of carbonyl (C=O) groups excluding carboxylic acids is 3. The second kappa shape index (κ2) is 10.5. The predicted octanol–water partition coefficient (Wildman–Crippen LogP) is 3.66. The van der Waals surface area contributed by atoms with Gasteiger partial charge < -0.3 is 15.5 Å². The van der Waals surface area contributed by atoms with Gasteiger partial charge in [0.25, 0.3) is 0 Å². The molecule has 33 heavy (non-hydrogen) atoms. The van der Waals surface area contributed by atoms with Crippen molar-refractivity contribution >= 4 is 23.8 Å². The van der Waals surface area contributed by atoms with Crippen LogP contribution in [0.5, 0.6) is 0 Å². The molecule has 1 aliphatic carbocycles. The highest BCUT2D eigenvalue weighted by Crippen LogP contribution is 2.43. The Kier molecular flexibility index (Phi) is 7.98. The number of nitrogens with zero attached hydrogens (tertiary/aromatic N) is 1. The van der Waals surface area contributed by atoms with Gasteiger partial charge in [-0.3, -0.25) is 14.4 Å². The Bertz CT molecular complexity index is 900. The number of rotatable bonds is 8. The van der Waals surface area contributed by atoms with Crippen molar-refractivity contribution in [3.8, 4) is 0 Å². The van der Waals surface area contributed by atoms with Crippen LogP contribution < -0.4 is 10.6 Å². The molecule has 0 bridgehead atoms. The number of amides is 3. The van der Waals surface area contributed by atoms with E-state index >= 15 is 0 Å². The van der Waals surface area contributed by atoms with Crippen LogP contribution in [0.2, 0.25) is 0 Å². The van der Waals surface area contributed by atoms with E-state index in [1.165, 1.54) is 18.1 Å². The number of piperidine rings is 1. The molecule has 0 aromatic heterocycles. The molecule has 1 fully saturated rings. The fourth-order valence-electron chi connectivity index (χ4n) is 5.08. The quantitative estimate of drug-likeness (QED) is 0.631. The van der Waals surface area contributed by atoms with E-state index in [1.54, 1.807) is 0 Å². The summed E-state index contributed by atoms with van der Waals surface area (Å²) in [5.74, 6) is -0.298.